The number of oxazole rings is 1. The van der Waals surface area contributed by atoms with E-state index in [1.165, 1.54) is 5.56 Å². The van der Waals surface area contributed by atoms with Crippen LogP contribution in [0.1, 0.15) is 69.7 Å². The Bertz CT molecular complexity index is 1160. The minimum atomic E-state index is -0.618. The highest BCUT2D eigenvalue weighted by atomic mass is 19.1. The van der Waals surface area contributed by atoms with E-state index >= 15 is 0 Å². The van der Waals surface area contributed by atoms with Gasteiger partial charge in [0.1, 0.15) is 23.5 Å². The lowest BCUT2D eigenvalue weighted by molar-refractivity contribution is 0.0531. The molecule has 186 valence electrons. The van der Waals surface area contributed by atoms with E-state index in [4.69, 9.17) is 18.9 Å². The van der Waals surface area contributed by atoms with Crippen molar-refractivity contribution in [1.82, 2.24) is 10.3 Å². The van der Waals surface area contributed by atoms with Gasteiger partial charge in [-0.05, 0) is 70.1 Å². The predicted molar refractivity (Wildman–Crippen MR) is 133 cm³/mol. The van der Waals surface area contributed by atoms with E-state index in [0.29, 0.717) is 29.5 Å². The molecule has 0 atom stereocenters. The number of rotatable bonds is 7. The van der Waals surface area contributed by atoms with E-state index in [2.05, 4.69) is 35.6 Å². The summed E-state index contributed by atoms with van der Waals surface area (Å²) in [5.41, 5.74) is 2.51. The summed E-state index contributed by atoms with van der Waals surface area (Å²) in [6.07, 6.45) is 4.17. The number of carbonyl (C=O) groups excluding carboxylic acids is 1. The van der Waals surface area contributed by atoms with Gasteiger partial charge in [0.05, 0.1) is 6.33 Å². The van der Waals surface area contributed by atoms with E-state index in [1.54, 1.807) is 32.9 Å². The number of ether oxygens (including phenoxy) is 2. The molecule has 7 heteroatoms. The van der Waals surface area contributed by atoms with Crippen LogP contribution in [-0.2, 0) is 4.74 Å². The molecule has 0 bridgehead atoms. The molecule has 1 aliphatic carbocycles. The van der Waals surface area contributed by atoms with E-state index in [0.717, 1.165) is 37.1 Å². The molecule has 35 heavy (non-hydrogen) atoms. The summed E-state index contributed by atoms with van der Waals surface area (Å²) in [5, 5.41) is 2.53. The van der Waals surface area contributed by atoms with Crippen molar-refractivity contribution in [1.29, 1.82) is 0 Å². The Morgan fingerprint density at radius 3 is 2.51 bits per heavy atom. The quantitative estimate of drug-likeness (QED) is 0.393. The summed E-state index contributed by atoms with van der Waals surface area (Å²) in [7, 11) is 0. The van der Waals surface area contributed by atoms with Crippen LogP contribution in [-0.4, -0.2) is 29.8 Å². The van der Waals surface area contributed by atoms with Gasteiger partial charge in [-0.1, -0.05) is 30.3 Å². The molecule has 1 N–H and O–H groups in total. The number of nitrogens with zero attached hydrogens (tertiary/aromatic N) is 1. The molecule has 6 nitrogen and oxygen atoms in total. The Labute approximate surface area is 205 Å². The zero-order chi connectivity index (χ0) is 24.8. The third-order valence-corrected chi connectivity index (χ3v) is 6.16. The zero-order valence-electron chi connectivity index (χ0n) is 20.6. The highest BCUT2D eigenvalue weighted by Crippen LogP contribution is 2.41. The molecule has 0 radical (unpaired) electrons. The average molecular weight is 481 g/mol. The van der Waals surface area contributed by atoms with Gasteiger partial charge in [-0.3, -0.25) is 0 Å². The molecule has 0 aliphatic heterocycles. The number of nitrogens with one attached hydrogen (secondary N) is 1. The van der Waals surface area contributed by atoms with Crippen molar-refractivity contribution in [2.45, 2.75) is 63.9 Å². The number of halogens is 1. The Kier molecular flexibility index (Phi) is 7.73. The van der Waals surface area contributed by atoms with Crippen LogP contribution < -0.4 is 10.1 Å². The van der Waals surface area contributed by atoms with Crippen molar-refractivity contribution in [3.8, 4) is 5.75 Å². The van der Waals surface area contributed by atoms with Crippen molar-refractivity contribution in [3.05, 3.63) is 71.9 Å². The number of hydrogen-bond acceptors (Lipinski definition) is 5. The van der Waals surface area contributed by atoms with Crippen molar-refractivity contribution >= 4 is 17.2 Å². The van der Waals surface area contributed by atoms with E-state index in [1.807, 2.05) is 6.07 Å². The maximum Gasteiger partial charge on any atom is 0.407 e. The van der Waals surface area contributed by atoms with Gasteiger partial charge in [0.2, 0.25) is 0 Å². The van der Waals surface area contributed by atoms with Crippen LogP contribution in [0.3, 0.4) is 0 Å². The van der Waals surface area contributed by atoms with Crippen LogP contribution >= 0.6 is 0 Å². The molecule has 2 aromatic carbocycles. The first-order chi connectivity index (χ1) is 16.8. The minimum Gasteiger partial charge on any atom is -0.489 e. The summed E-state index contributed by atoms with van der Waals surface area (Å²) in [6, 6.07) is 16.1. The number of hydrogen-bond donors (Lipinski definition) is 1. The largest absolute Gasteiger partial charge is 0.489 e. The van der Waals surface area contributed by atoms with Crippen LogP contribution in [0.25, 0.3) is 11.1 Å². The van der Waals surface area contributed by atoms with E-state index < -0.39 is 11.7 Å². The Hall–Kier alpha value is -3.35. The van der Waals surface area contributed by atoms with Gasteiger partial charge in [0.25, 0.3) is 0 Å². The number of alkyl carbamates (subject to hydrolysis) is 1. The van der Waals surface area contributed by atoms with Gasteiger partial charge in [-0.15, -0.1) is 0 Å². The molecule has 0 saturated heterocycles. The molecule has 4 rings (SSSR count). The average Bonchev–Trinajstić information content (AvgIpc) is 3.27. The van der Waals surface area contributed by atoms with Crippen LogP contribution in [0, 0.1) is 0 Å². The first kappa shape index (κ1) is 24.8. The van der Waals surface area contributed by atoms with Gasteiger partial charge < -0.3 is 19.2 Å². The second-order valence-corrected chi connectivity index (χ2v) is 10.1. The monoisotopic (exact) mass is 480 g/mol. The molecule has 1 saturated carbocycles. The van der Waals surface area contributed by atoms with Crippen molar-refractivity contribution in [2.24, 2.45) is 0 Å². The third kappa shape index (κ3) is 6.84. The Morgan fingerprint density at radius 2 is 1.83 bits per heavy atom. The fraction of sp³-hybridized carbons (Fsp3) is 0.429. The number of carbonyl (C=O) groups is 1. The highest BCUT2D eigenvalue weighted by Gasteiger charge is 2.27. The van der Waals surface area contributed by atoms with E-state index in [9.17, 15) is 9.18 Å². The lowest BCUT2D eigenvalue weighted by Gasteiger charge is -2.27. The molecule has 3 aromatic rings. The molecule has 1 aromatic heterocycles. The first-order valence-corrected chi connectivity index (χ1v) is 12.1. The lowest BCUT2D eigenvalue weighted by Crippen LogP contribution is -2.34. The summed E-state index contributed by atoms with van der Waals surface area (Å²) in [4.78, 5) is 16.5. The summed E-state index contributed by atoms with van der Waals surface area (Å²) in [5.74, 6) is 2.23. The van der Waals surface area contributed by atoms with Crippen molar-refractivity contribution < 1.29 is 23.1 Å². The summed E-state index contributed by atoms with van der Waals surface area (Å²) < 4.78 is 30.3. The van der Waals surface area contributed by atoms with Crippen LogP contribution in [0.4, 0.5) is 9.18 Å². The molecule has 0 unspecified atom stereocenters. The smallest absolute Gasteiger partial charge is 0.407 e. The number of fused-ring (bicyclic) bond motifs is 1. The van der Waals surface area contributed by atoms with E-state index in [-0.39, 0.29) is 18.7 Å². The van der Waals surface area contributed by atoms with Crippen LogP contribution in [0.5, 0.6) is 5.75 Å². The van der Waals surface area contributed by atoms with Gasteiger partial charge in [-0.25, -0.2) is 14.2 Å². The Morgan fingerprint density at radius 1 is 1.11 bits per heavy atom. The molecule has 1 aliphatic rings. The van der Waals surface area contributed by atoms with Crippen molar-refractivity contribution in [2.75, 3.05) is 13.2 Å². The van der Waals surface area contributed by atoms with Gasteiger partial charge in [-0.2, -0.15) is 0 Å². The lowest BCUT2D eigenvalue weighted by atomic mass is 9.79. The number of amides is 1. The van der Waals surface area contributed by atoms with Gasteiger partial charge >= 0.3 is 6.09 Å². The molecule has 0 spiro atoms. The zero-order valence-corrected chi connectivity index (χ0v) is 20.6. The predicted octanol–water partition coefficient (Wildman–Crippen LogP) is 7.03. The van der Waals surface area contributed by atoms with Crippen LogP contribution in [0.15, 0.2) is 64.9 Å². The van der Waals surface area contributed by atoms with Crippen molar-refractivity contribution in [3.63, 3.8) is 0 Å². The van der Waals surface area contributed by atoms with Gasteiger partial charge in [0, 0.05) is 24.1 Å². The maximum absolute atomic E-state index is 13.3. The summed E-state index contributed by atoms with van der Waals surface area (Å²) >= 11 is 0. The normalized spacial score (nSPS) is 18.9. The Balaban J connectivity index is 1.31. The highest BCUT2D eigenvalue weighted by molar-refractivity contribution is 5.74. The first-order valence-electron chi connectivity index (χ1n) is 12.1. The fourth-order valence-corrected chi connectivity index (χ4v) is 4.38. The molecule has 1 fully saturated rings. The SMILES string of the molecule is CC(C)(C)OC(=O)NC/C(=C\F)COc1ccc2nc(C3CCC(c4ccccc4)CC3)oc2c1. The fourth-order valence-electron chi connectivity index (χ4n) is 4.38. The molecule has 1 heterocycles. The van der Waals surface area contributed by atoms with Crippen LogP contribution in [0.2, 0.25) is 0 Å². The second kappa shape index (κ2) is 10.9. The molecular weight excluding hydrogens is 447 g/mol. The standard InChI is InChI=1S/C28H33FN2O4/c1-28(2,3)35-27(32)30-17-19(16-29)18-33-23-13-14-24-25(15-23)34-26(31-24)22-11-9-21(10-12-22)20-7-5-4-6-8-20/h4-8,13-16,21-22H,9-12,17-18H2,1-3H3,(H,30,32)/b19-16+. The summed E-state index contributed by atoms with van der Waals surface area (Å²) in [6.45, 7) is 5.28. The van der Waals surface area contributed by atoms with Gasteiger partial charge in [0.15, 0.2) is 11.5 Å². The molecule has 1 amide bonds. The number of benzene rings is 2. The second-order valence-electron chi connectivity index (χ2n) is 10.1. The molecular formula is C28H33FN2O4. The number of aromatic nitrogens is 1. The minimum absolute atomic E-state index is 0.00817. The third-order valence-electron chi connectivity index (χ3n) is 6.16. The topological polar surface area (TPSA) is 73.6 Å². The maximum atomic E-state index is 13.3.